The topological polar surface area (TPSA) is 69.5 Å². The Balaban J connectivity index is 1.76. The standard InChI is InChI=1S/C23H21ClN4O3/c1-14-26-22-18(23(29)30-2)10-15(27-6-8-31-9-7-27)12-21(22)28(14)16-11-17-19(24)4-3-5-20(17)25-13-16/h3-5,10-13H,6-9H2,1-2H3. The minimum atomic E-state index is -0.413. The molecular weight excluding hydrogens is 416 g/mol. The van der Waals surface area contributed by atoms with E-state index in [0.29, 0.717) is 29.3 Å². The van der Waals surface area contributed by atoms with E-state index in [1.807, 2.05) is 41.8 Å². The van der Waals surface area contributed by atoms with Gasteiger partial charge in [-0.2, -0.15) is 0 Å². The molecule has 0 bridgehead atoms. The van der Waals surface area contributed by atoms with Crippen molar-refractivity contribution in [1.82, 2.24) is 14.5 Å². The van der Waals surface area contributed by atoms with Gasteiger partial charge in [-0.15, -0.1) is 0 Å². The van der Waals surface area contributed by atoms with Gasteiger partial charge in [0, 0.05) is 24.2 Å². The Morgan fingerprint density at radius 3 is 2.74 bits per heavy atom. The average Bonchev–Trinajstić information content (AvgIpc) is 3.14. The van der Waals surface area contributed by atoms with Crippen molar-refractivity contribution in [2.45, 2.75) is 6.92 Å². The fourth-order valence-corrected chi connectivity index (χ4v) is 4.32. The number of halogens is 1. The van der Waals surface area contributed by atoms with Crippen LogP contribution in [0, 0.1) is 6.92 Å². The highest BCUT2D eigenvalue weighted by Gasteiger charge is 2.22. The predicted octanol–water partition coefficient (Wildman–Crippen LogP) is 4.16. The number of hydrogen-bond acceptors (Lipinski definition) is 6. The van der Waals surface area contributed by atoms with Crippen LogP contribution in [0.25, 0.3) is 27.6 Å². The van der Waals surface area contributed by atoms with Crippen LogP contribution in [0.3, 0.4) is 0 Å². The molecular formula is C23H21ClN4O3. The largest absolute Gasteiger partial charge is 0.465 e. The van der Waals surface area contributed by atoms with Gasteiger partial charge < -0.3 is 14.4 Å². The van der Waals surface area contributed by atoms with Crippen LogP contribution in [0.1, 0.15) is 16.2 Å². The molecule has 0 aliphatic carbocycles. The molecule has 8 heteroatoms. The van der Waals surface area contributed by atoms with Gasteiger partial charge in [0.2, 0.25) is 0 Å². The van der Waals surface area contributed by atoms with Gasteiger partial charge >= 0.3 is 5.97 Å². The highest BCUT2D eigenvalue weighted by Crippen LogP contribution is 2.32. The summed E-state index contributed by atoms with van der Waals surface area (Å²) in [4.78, 5) is 24.1. The van der Waals surface area contributed by atoms with Crippen molar-refractivity contribution in [1.29, 1.82) is 0 Å². The first-order valence-electron chi connectivity index (χ1n) is 10.1. The average molecular weight is 437 g/mol. The molecule has 31 heavy (non-hydrogen) atoms. The monoisotopic (exact) mass is 436 g/mol. The molecule has 2 aromatic carbocycles. The van der Waals surface area contributed by atoms with E-state index in [9.17, 15) is 4.79 Å². The van der Waals surface area contributed by atoms with Gasteiger partial charge in [0.05, 0.1) is 53.8 Å². The van der Waals surface area contributed by atoms with E-state index in [-0.39, 0.29) is 0 Å². The summed E-state index contributed by atoms with van der Waals surface area (Å²) in [7, 11) is 1.38. The van der Waals surface area contributed by atoms with Crippen molar-refractivity contribution in [3.63, 3.8) is 0 Å². The van der Waals surface area contributed by atoms with E-state index in [0.717, 1.165) is 46.7 Å². The van der Waals surface area contributed by atoms with Crippen molar-refractivity contribution in [3.8, 4) is 5.69 Å². The molecule has 158 valence electrons. The number of methoxy groups -OCH3 is 1. The maximum atomic E-state index is 12.6. The first-order chi connectivity index (χ1) is 15.1. The lowest BCUT2D eigenvalue weighted by molar-refractivity contribution is 0.0603. The van der Waals surface area contributed by atoms with Gasteiger partial charge in [0.1, 0.15) is 11.3 Å². The molecule has 1 aliphatic rings. The molecule has 0 saturated carbocycles. The second kappa shape index (κ2) is 7.83. The van der Waals surface area contributed by atoms with Crippen LogP contribution in [0.4, 0.5) is 5.69 Å². The lowest BCUT2D eigenvalue weighted by atomic mass is 10.1. The Kier molecular flexibility index (Phi) is 5.00. The first-order valence-corrected chi connectivity index (χ1v) is 10.4. The fourth-order valence-electron chi connectivity index (χ4n) is 4.10. The van der Waals surface area contributed by atoms with Crippen LogP contribution < -0.4 is 4.90 Å². The lowest BCUT2D eigenvalue weighted by Gasteiger charge is -2.29. The van der Waals surface area contributed by atoms with Gasteiger partial charge in [-0.05, 0) is 37.3 Å². The Morgan fingerprint density at radius 2 is 1.97 bits per heavy atom. The molecule has 0 radical (unpaired) electrons. The van der Waals surface area contributed by atoms with E-state index < -0.39 is 5.97 Å². The number of rotatable bonds is 3. The van der Waals surface area contributed by atoms with Crippen LogP contribution in [-0.2, 0) is 9.47 Å². The van der Waals surface area contributed by atoms with E-state index in [1.54, 1.807) is 6.20 Å². The number of carbonyl (C=O) groups excluding carboxylic acids is 1. The number of nitrogens with zero attached hydrogens (tertiary/aromatic N) is 4. The summed E-state index contributed by atoms with van der Waals surface area (Å²) in [5.74, 6) is 0.330. The predicted molar refractivity (Wildman–Crippen MR) is 120 cm³/mol. The minimum Gasteiger partial charge on any atom is -0.465 e. The molecule has 5 rings (SSSR count). The van der Waals surface area contributed by atoms with Crippen molar-refractivity contribution in [2.24, 2.45) is 0 Å². The molecule has 0 N–H and O–H groups in total. The lowest BCUT2D eigenvalue weighted by Crippen LogP contribution is -2.36. The summed E-state index contributed by atoms with van der Waals surface area (Å²) in [5.41, 5.74) is 4.44. The Labute approximate surface area is 184 Å². The number of aryl methyl sites for hydroxylation is 1. The summed E-state index contributed by atoms with van der Waals surface area (Å²) in [6, 6.07) is 11.6. The summed E-state index contributed by atoms with van der Waals surface area (Å²) < 4.78 is 12.5. The van der Waals surface area contributed by atoms with Gasteiger partial charge in [-0.1, -0.05) is 17.7 Å². The van der Waals surface area contributed by atoms with E-state index in [2.05, 4.69) is 16.0 Å². The highest BCUT2D eigenvalue weighted by atomic mass is 35.5. The summed E-state index contributed by atoms with van der Waals surface area (Å²) in [5, 5.41) is 1.50. The zero-order valence-corrected chi connectivity index (χ0v) is 18.0. The second-order valence-corrected chi connectivity index (χ2v) is 7.85. The van der Waals surface area contributed by atoms with Crippen molar-refractivity contribution < 1.29 is 14.3 Å². The quantitative estimate of drug-likeness (QED) is 0.449. The van der Waals surface area contributed by atoms with Crippen LogP contribution in [0.2, 0.25) is 5.02 Å². The molecule has 0 amide bonds. The van der Waals surface area contributed by atoms with E-state index >= 15 is 0 Å². The van der Waals surface area contributed by atoms with Crippen LogP contribution >= 0.6 is 11.6 Å². The third-order valence-corrected chi connectivity index (χ3v) is 5.94. The molecule has 1 saturated heterocycles. The number of morpholine rings is 1. The molecule has 0 atom stereocenters. The Bertz CT molecular complexity index is 1310. The minimum absolute atomic E-state index is 0.413. The maximum Gasteiger partial charge on any atom is 0.340 e. The van der Waals surface area contributed by atoms with Crippen molar-refractivity contribution in [2.75, 3.05) is 38.3 Å². The molecule has 0 unspecified atom stereocenters. The number of imidazole rings is 1. The summed E-state index contributed by atoms with van der Waals surface area (Å²) in [6.45, 7) is 4.72. The number of anilines is 1. The zero-order valence-electron chi connectivity index (χ0n) is 17.3. The Morgan fingerprint density at radius 1 is 1.16 bits per heavy atom. The number of hydrogen-bond donors (Lipinski definition) is 0. The smallest absolute Gasteiger partial charge is 0.340 e. The second-order valence-electron chi connectivity index (χ2n) is 7.45. The number of ether oxygens (including phenoxy) is 2. The molecule has 2 aromatic heterocycles. The van der Waals surface area contributed by atoms with Crippen LogP contribution in [0.15, 0.2) is 42.6 Å². The number of fused-ring (bicyclic) bond motifs is 2. The maximum absolute atomic E-state index is 12.6. The number of esters is 1. The number of aromatic nitrogens is 3. The number of carbonyl (C=O) groups is 1. The summed E-state index contributed by atoms with van der Waals surface area (Å²) >= 11 is 6.42. The van der Waals surface area contributed by atoms with E-state index in [4.69, 9.17) is 26.1 Å². The molecule has 1 fully saturated rings. The van der Waals surface area contributed by atoms with Gasteiger partial charge in [0.25, 0.3) is 0 Å². The third kappa shape index (κ3) is 3.40. The highest BCUT2D eigenvalue weighted by molar-refractivity contribution is 6.35. The summed E-state index contributed by atoms with van der Waals surface area (Å²) in [6.07, 6.45) is 1.80. The van der Waals surface area contributed by atoms with Gasteiger partial charge in [-0.3, -0.25) is 9.55 Å². The normalized spacial score (nSPS) is 14.4. The Hall–Kier alpha value is -3.16. The first kappa shape index (κ1) is 19.8. The van der Waals surface area contributed by atoms with E-state index in [1.165, 1.54) is 7.11 Å². The van der Waals surface area contributed by atoms with Crippen LogP contribution in [0.5, 0.6) is 0 Å². The fraction of sp³-hybridized carbons (Fsp3) is 0.261. The van der Waals surface area contributed by atoms with Crippen LogP contribution in [-0.4, -0.2) is 53.9 Å². The molecule has 4 aromatic rings. The SMILES string of the molecule is COC(=O)c1cc(N2CCOCC2)cc2c1nc(C)n2-c1cnc2cccc(Cl)c2c1. The molecule has 3 heterocycles. The molecule has 7 nitrogen and oxygen atoms in total. The zero-order chi connectivity index (χ0) is 21.5. The third-order valence-electron chi connectivity index (χ3n) is 5.61. The van der Waals surface area contributed by atoms with Gasteiger partial charge in [-0.25, -0.2) is 9.78 Å². The van der Waals surface area contributed by atoms with Gasteiger partial charge in [0.15, 0.2) is 0 Å². The number of pyridine rings is 1. The van der Waals surface area contributed by atoms with Crippen molar-refractivity contribution in [3.05, 3.63) is 59.0 Å². The molecule has 0 spiro atoms. The van der Waals surface area contributed by atoms with Crippen molar-refractivity contribution >= 4 is 45.2 Å². The number of benzene rings is 2. The molecule has 1 aliphatic heterocycles.